The first-order valence-electron chi connectivity index (χ1n) is 12.4. The second-order valence-corrected chi connectivity index (χ2v) is 9.39. The van der Waals surface area contributed by atoms with E-state index in [1.54, 1.807) is 29.1 Å². The van der Waals surface area contributed by atoms with Crippen LogP contribution in [-0.4, -0.2) is 41.3 Å². The van der Waals surface area contributed by atoms with Gasteiger partial charge >= 0.3 is 6.18 Å². The summed E-state index contributed by atoms with van der Waals surface area (Å²) in [5, 5.41) is 5.78. The van der Waals surface area contributed by atoms with Crippen molar-refractivity contribution in [2.45, 2.75) is 38.4 Å². The first-order valence-corrected chi connectivity index (χ1v) is 12.4. The number of methoxy groups -OCH3 is 1. The number of nitrogens with zero attached hydrogens (tertiary/aromatic N) is 2. The molecule has 2 N–H and O–H groups in total. The van der Waals surface area contributed by atoms with E-state index in [2.05, 4.69) is 15.6 Å². The molecular formula is C28H26F4N4O3. The molecule has 1 aromatic heterocycles. The maximum Gasteiger partial charge on any atom is 0.390 e. The molecule has 11 heteroatoms. The predicted octanol–water partition coefficient (Wildman–Crippen LogP) is 6.53. The Kier molecular flexibility index (Phi) is 7.07. The van der Waals surface area contributed by atoms with Gasteiger partial charge < -0.3 is 20.1 Å². The third-order valence-electron chi connectivity index (χ3n) is 6.35. The van der Waals surface area contributed by atoms with Crippen molar-refractivity contribution in [3.05, 3.63) is 71.8 Å². The number of aromatic nitrogens is 2. The summed E-state index contributed by atoms with van der Waals surface area (Å²) in [5.41, 5.74) is 3.33. The number of imidazole rings is 1. The van der Waals surface area contributed by atoms with Gasteiger partial charge in [0.2, 0.25) is 0 Å². The van der Waals surface area contributed by atoms with Gasteiger partial charge in [0, 0.05) is 42.0 Å². The number of carbonyl (C=O) groups is 1. The van der Waals surface area contributed by atoms with E-state index in [1.807, 2.05) is 13.0 Å². The van der Waals surface area contributed by atoms with Crippen LogP contribution in [0.2, 0.25) is 0 Å². The summed E-state index contributed by atoms with van der Waals surface area (Å²) in [6.07, 6.45) is -1.85. The van der Waals surface area contributed by atoms with Crippen LogP contribution in [0.15, 0.2) is 54.9 Å². The molecule has 0 aliphatic heterocycles. The summed E-state index contributed by atoms with van der Waals surface area (Å²) in [4.78, 5) is 17.0. The summed E-state index contributed by atoms with van der Waals surface area (Å²) < 4.78 is 65.2. The van der Waals surface area contributed by atoms with Crippen molar-refractivity contribution in [3.8, 4) is 22.9 Å². The molecule has 1 fully saturated rings. The number of anilines is 1. The van der Waals surface area contributed by atoms with Gasteiger partial charge in [-0.25, -0.2) is 9.37 Å². The molecule has 39 heavy (non-hydrogen) atoms. The van der Waals surface area contributed by atoms with Crippen molar-refractivity contribution in [2.24, 2.45) is 0 Å². The molecule has 0 saturated heterocycles. The summed E-state index contributed by atoms with van der Waals surface area (Å²) in [7, 11) is 1.35. The molecule has 0 unspecified atom stereocenters. The van der Waals surface area contributed by atoms with Crippen LogP contribution in [0.4, 0.5) is 23.2 Å². The molecular weight excluding hydrogens is 516 g/mol. The van der Waals surface area contributed by atoms with Gasteiger partial charge in [-0.15, -0.1) is 0 Å². The molecule has 0 radical (unpaired) electrons. The van der Waals surface area contributed by atoms with Gasteiger partial charge in [0.15, 0.2) is 11.6 Å². The molecule has 1 saturated carbocycles. The Bertz CT molecular complexity index is 1530. The van der Waals surface area contributed by atoms with E-state index in [1.165, 1.54) is 25.3 Å². The van der Waals surface area contributed by atoms with Crippen LogP contribution in [0.3, 0.4) is 0 Å². The van der Waals surface area contributed by atoms with Crippen LogP contribution in [0.1, 0.15) is 35.2 Å². The Labute approximate surface area is 221 Å². The lowest BCUT2D eigenvalue weighted by Crippen LogP contribution is -2.26. The average Bonchev–Trinajstić information content (AvgIpc) is 3.58. The number of hydrogen-bond donors (Lipinski definition) is 2. The number of nitrogens with one attached hydrogen (secondary N) is 2. The van der Waals surface area contributed by atoms with Crippen molar-refractivity contribution in [1.82, 2.24) is 14.9 Å². The van der Waals surface area contributed by atoms with Crippen molar-refractivity contribution in [2.75, 3.05) is 19.0 Å². The first kappa shape index (κ1) is 26.3. The van der Waals surface area contributed by atoms with Gasteiger partial charge in [0.05, 0.1) is 24.7 Å². The Balaban J connectivity index is 1.51. The molecule has 1 aliphatic carbocycles. The average molecular weight is 543 g/mol. The maximum atomic E-state index is 14.2. The molecule has 1 aliphatic rings. The fourth-order valence-corrected chi connectivity index (χ4v) is 4.22. The molecule has 4 aromatic rings. The minimum atomic E-state index is -4.33. The summed E-state index contributed by atoms with van der Waals surface area (Å²) >= 11 is 0. The van der Waals surface area contributed by atoms with Crippen molar-refractivity contribution in [3.63, 3.8) is 0 Å². The SMILES string of the molecule is COc1ccc(Oc2cc(NCCC(F)(F)F)c3ncn(-c4ccc(C(=O)NC5CC5)c(C)c4)c3c2)cc1F. The van der Waals surface area contributed by atoms with Crippen LogP contribution in [0.25, 0.3) is 16.7 Å². The highest BCUT2D eigenvalue weighted by molar-refractivity contribution is 5.96. The van der Waals surface area contributed by atoms with Crippen LogP contribution < -0.4 is 20.1 Å². The van der Waals surface area contributed by atoms with E-state index in [9.17, 15) is 22.4 Å². The minimum Gasteiger partial charge on any atom is -0.494 e. The van der Waals surface area contributed by atoms with E-state index >= 15 is 0 Å². The smallest absolute Gasteiger partial charge is 0.390 e. The highest BCUT2D eigenvalue weighted by Crippen LogP contribution is 2.34. The minimum absolute atomic E-state index is 0.0509. The Morgan fingerprint density at radius 3 is 2.56 bits per heavy atom. The second-order valence-electron chi connectivity index (χ2n) is 9.39. The monoisotopic (exact) mass is 542 g/mol. The lowest BCUT2D eigenvalue weighted by Gasteiger charge is -2.14. The van der Waals surface area contributed by atoms with Crippen LogP contribution in [-0.2, 0) is 0 Å². The number of fused-ring (bicyclic) bond motifs is 1. The number of aryl methyl sites for hydroxylation is 1. The van der Waals surface area contributed by atoms with E-state index in [-0.39, 0.29) is 35.7 Å². The van der Waals surface area contributed by atoms with Crippen molar-refractivity contribution < 1.29 is 31.8 Å². The summed E-state index contributed by atoms with van der Waals surface area (Å²) in [6.45, 7) is 1.47. The third kappa shape index (κ3) is 6.08. The van der Waals surface area contributed by atoms with E-state index in [0.29, 0.717) is 28.0 Å². The van der Waals surface area contributed by atoms with E-state index in [4.69, 9.17) is 9.47 Å². The topological polar surface area (TPSA) is 77.4 Å². The van der Waals surface area contributed by atoms with Gasteiger partial charge in [0.1, 0.15) is 23.3 Å². The van der Waals surface area contributed by atoms with Gasteiger partial charge in [-0.3, -0.25) is 9.36 Å². The molecule has 204 valence electrons. The normalized spacial score (nSPS) is 13.4. The Hall–Kier alpha value is -4.28. The molecule has 0 spiro atoms. The zero-order valence-corrected chi connectivity index (χ0v) is 21.2. The predicted molar refractivity (Wildman–Crippen MR) is 138 cm³/mol. The summed E-state index contributed by atoms with van der Waals surface area (Å²) in [6, 6.07) is 12.9. The molecule has 5 rings (SSSR count). The summed E-state index contributed by atoms with van der Waals surface area (Å²) in [5.74, 6) is -0.251. The number of rotatable bonds is 9. The zero-order valence-electron chi connectivity index (χ0n) is 21.2. The molecule has 7 nitrogen and oxygen atoms in total. The molecule has 0 bridgehead atoms. The Morgan fingerprint density at radius 2 is 1.90 bits per heavy atom. The number of ether oxygens (including phenoxy) is 2. The van der Waals surface area contributed by atoms with Crippen LogP contribution in [0.5, 0.6) is 17.2 Å². The number of carbonyl (C=O) groups excluding carboxylic acids is 1. The quantitative estimate of drug-likeness (QED) is 0.235. The van der Waals surface area contributed by atoms with Gasteiger partial charge in [-0.2, -0.15) is 13.2 Å². The number of halogens is 4. The van der Waals surface area contributed by atoms with Crippen LogP contribution >= 0.6 is 0 Å². The highest BCUT2D eigenvalue weighted by Gasteiger charge is 2.27. The molecule has 1 amide bonds. The standard InChI is InChI=1S/C28H26F4N4O3/c1-16-11-18(5-7-21(16)27(37)35-17-3-4-17)36-15-34-26-23(33-10-9-28(30,31)32)13-20(14-24(26)36)39-19-6-8-25(38-2)22(29)12-19/h5-8,11-15,17,33H,3-4,9-10H2,1-2H3,(H,35,37). The largest absolute Gasteiger partial charge is 0.494 e. The lowest BCUT2D eigenvalue weighted by molar-refractivity contribution is -0.131. The van der Waals surface area contributed by atoms with Crippen molar-refractivity contribution >= 4 is 22.6 Å². The zero-order chi connectivity index (χ0) is 27.7. The lowest BCUT2D eigenvalue weighted by atomic mass is 10.1. The van der Waals surface area contributed by atoms with E-state index in [0.717, 1.165) is 24.5 Å². The maximum absolute atomic E-state index is 14.2. The molecule has 3 aromatic carbocycles. The molecule has 0 atom stereocenters. The number of alkyl halides is 3. The van der Waals surface area contributed by atoms with Gasteiger partial charge in [0.25, 0.3) is 5.91 Å². The van der Waals surface area contributed by atoms with Crippen molar-refractivity contribution in [1.29, 1.82) is 0 Å². The fraction of sp³-hybridized carbons (Fsp3) is 0.286. The number of amides is 1. The van der Waals surface area contributed by atoms with Crippen LogP contribution in [0, 0.1) is 12.7 Å². The van der Waals surface area contributed by atoms with Gasteiger partial charge in [-0.1, -0.05) is 0 Å². The van der Waals surface area contributed by atoms with E-state index < -0.39 is 18.4 Å². The Morgan fingerprint density at radius 1 is 1.10 bits per heavy atom. The third-order valence-corrected chi connectivity index (χ3v) is 6.35. The second kappa shape index (κ2) is 10.5. The van der Waals surface area contributed by atoms with Gasteiger partial charge in [-0.05, 0) is 55.7 Å². The number of benzene rings is 3. The number of hydrogen-bond acceptors (Lipinski definition) is 5. The first-order chi connectivity index (χ1) is 18.6. The fourth-order valence-electron chi connectivity index (χ4n) is 4.22. The molecule has 1 heterocycles. The highest BCUT2D eigenvalue weighted by atomic mass is 19.4.